The second kappa shape index (κ2) is 6.79. The van der Waals surface area contributed by atoms with Crippen molar-refractivity contribution in [1.29, 1.82) is 0 Å². The predicted octanol–water partition coefficient (Wildman–Crippen LogP) is 2.98. The molecule has 106 valence electrons. The topological polar surface area (TPSA) is 77.7 Å². The maximum atomic E-state index is 10.3. The van der Waals surface area contributed by atoms with Crippen LogP contribution in [-0.4, -0.2) is 5.27 Å². The van der Waals surface area contributed by atoms with E-state index in [1.54, 1.807) is 4.68 Å². The van der Waals surface area contributed by atoms with Crippen LogP contribution in [0.25, 0.3) is 0 Å². The molecule has 0 amide bonds. The van der Waals surface area contributed by atoms with Crippen molar-refractivity contribution in [3.8, 4) is 0 Å². The van der Waals surface area contributed by atoms with E-state index in [2.05, 4.69) is 41.6 Å². The lowest BCUT2D eigenvalue weighted by Gasteiger charge is -2.00. The Kier molecular flexibility index (Phi) is 4.81. The van der Waals surface area contributed by atoms with Gasteiger partial charge in [0.1, 0.15) is 0 Å². The summed E-state index contributed by atoms with van der Waals surface area (Å²) in [7, 11) is 0. The molecule has 0 radical (unpaired) electrons. The van der Waals surface area contributed by atoms with Gasteiger partial charge >= 0.3 is 5.88 Å². The molecule has 0 aliphatic rings. The third-order valence-electron chi connectivity index (χ3n) is 2.97. The molecule has 0 bridgehead atoms. The zero-order valence-corrected chi connectivity index (χ0v) is 11.7. The molecule has 0 aliphatic carbocycles. The van der Waals surface area contributed by atoms with Crippen LogP contribution in [0.1, 0.15) is 25.1 Å². The molecule has 0 atom stereocenters. The molecule has 6 nitrogen and oxygen atoms in total. The summed E-state index contributed by atoms with van der Waals surface area (Å²) in [6, 6.07) is 10.1. The van der Waals surface area contributed by atoms with Crippen molar-refractivity contribution >= 4 is 5.88 Å². The van der Waals surface area contributed by atoms with Gasteiger partial charge in [0.15, 0.2) is 6.54 Å². The molecule has 0 spiro atoms. The van der Waals surface area contributed by atoms with Crippen molar-refractivity contribution in [1.82, 2.24) is 5.27 Å². The van der Waals surface area contributed by atoms with Crippen LogP contribution in [0.15, 0.2) is 45.2 Å². The fourth-order valence-electron chi connectivity index (χ4n) is 2.05. The van der Waals surface area contributed by atoms with Gasteiger partial charge in [-0.2, -0.15) is 0 Å². The van der Waals surface area contributed by atoms with E-state index >= 15 is 0 Å². The predicted molar refractivity (Wildman–Crippen MR) is 73.3 cm³/mol. The number of benzene rings is 1. The summed E-state index contributed by atoms with van der Waals surface area (Å²) in [5.41, 5.74) is 2.04. The van der Waals surface area contributed by atoms with Gasteiger partial charge in [0.05, 0.1) is 0 Å². The highest BCUT2D eigenvalue weighted by molar-refractivity contribution is 5.23. The van der Waals surface area contributed by atoms with E-state index in [1.807, 2.05) is 18.2 Å². The van der Waals surface area contributed by atoms with E-state index in [9.17, 15) is 5.21 Å². The molecular weight excluding hydrogens is 256 g/mol. The fraction of sp³-hybridized carbons (Fsp3) is 0.429. The van der Waals surface area contributed by atoms with Gasteiger partial charge in [-0.15, -0.1) is 5.11 Å². The van der Waals surface area contributed by atoms with Crippen LogP contribution < -0.4 is 4.68 Å². The molecule has 1 aromatic heterocycles. The maximum Gasteiger partial charge on any atom is 0.342 e. The molecular formula is C14H18N4O2. The second-order valence-corrected chi connectivity index (χ2v) is 5.06. The Balaban J connectivity index is 2.14. The fourth-order valence-corrected chi connectivity index (χ4v) is 2.05. The lowest BCUT2D eigenvalue weighted by molar-refractivity contribution is -0.767. The molecule has 2 aromatic rings. The molecule has 6 heteroatoms. The highest BCUT2D eigenvalue weighted by Crippen LogP contribution is 2.18. The quantitative estimate of drug-likeness (QED) is 0.461. The lowest BCUT2D eigenvalue weighted by Crippen LogP contribution is -2.40. The SMILES string of the molecule is CC(C)Cc1c(/N=N/[O-])on[n+]1CCc1ccccc1. The van der Waals surface area contributed by atoms with E-state index in [-0.39, 0.29) is 5.88 Å². The molecule has 0 fully saturated rings. The summed E-state index contributed by atoms with van der Waals surface area (Å²) < 4.78 is 6.84. The minimum Gasteiger partial charge on any atom is -0.775 e. The molecule has 0 saturated heterocycles. The van der Waals surface area contributed by atoms with Crippen LogP contribution in [0, 0.1) is 11.1 Å². The number of rotatable bonds is 6. The van der Waals surface area contributed by atoms with Crippen molar-refractivity contribution in [2.24, 2.45) is 16.3 Å². The van der Waals surface area contributed by atoms with Crippen molar-refractivity contribution in [3.05, 3.63) is 46.8 Å². The molecule has 0 aliphatic heterocycles. The standard InChI is InChI=1S/C14H18N4O2/c1-11(2)10-13-14(15-16-19)20-17-18(13)9-8-12-6-4-3-5-7-12/h3-7,11H,8-10H2,1-2H3. The Bertz CT molecular complexity index is 564. The lowest BCUT2D eigenvalue weighted by atomic mass is 10.1. The van der Waals surface area contributed by atoms with E-state index < -0.39 is 0 Å². The van der Waals surface area contributed by atoms with Crippen molar-refractivity contribution in [3.63, 3.8) is 0 Å². The number of aryl methyl sites for hydroxylation is 2. The van der Waals surface area contributed by atoms with Crippen LogP contribution >= 0.6 is 0 Å². The zero-order valence-electron chi connectivity index (χ0n) is 11.7. The normalized spacial score (nSPS) is 11.6. The van der Waals surface area contributed by atoms with E-state index in [1.165, 1.54) is 5.56 Å². The minimum atomic E-state index is 0.210. The average Bonchev–Trinajstić information content (AvgIpc) is 2.80. The Morgan fingerprint density at radius 1 is 1.30 bits per heavy atom. The summed E-state index contributed by atoms with van der Waals surface area (Å²) in [5, 5.41) is 20.2. The zero-order chi connectivity index (χ0) is 14.4. The van der Waals surface area contributed by atoms with Gasteiger partial charge in [0, 0.05) is 12.8 Å². The molecule has 2 rings (SSSR count). The second-order valence-electron chi connectivity index (χ2n) is 5.06. The van der Waals surface area contributed by atoms with Gasteiger partial charge in [-0.1, -0.05) is 44.2 Å². The van der Waals surface area contributed by atoms with Crippen molar-refractivity contribution in [2.75, 3.05) is 0 Å². The smallest absolute Gasteiger partial charge is 0.342 e. The Hall–Kier alpha value is -2.24. The molecule has 0 N–H and O–H groups in total. The van der Waals surface area contributed by atoms with Crippen LogP contribution in [-0.2, 0) is 19.4 Å². The number of hydrogen-bond acceptors (Lipinski definition) is 5. The summed E-state index contributed by atoms with van der Waals surface area (Å²) in [6.45, 7) is 4.86. The van der Waals surface area contributed by atoms with Crippen LogP contribution in [0.5, 0.6) is 0 Å². The summed E-state index contributed by atoms with van der Waals surface area (Å²) in [5.74, 6) is 0.625. The molecule has 1 heterocycles. The van der Waals surface area contributed by atoms with Gasteiger partial charge < -0.3 is 5.21 Å². The molecule has 1 aromatic carbocycles. The summed E-state index contributed by atoms with van der Waals surface area (Å²) in [4.78, 5) is 0. The van der Waals surface area contributed by atoms with Crippen LogP contribution in [0.2, 0.25) is 0 Å². The van der Waals surface area contributed by atoms with Gasteiger partial charge in [-0.3, -0.25) is 4.52 Å². The van der Waals surface area contributed by atoms with Gasteiger partial charge in [-0.05, 0) is 16.2 Å². The Morgan fingerprint density at radius 3 is 2.70 bits per heavy atom. The minimum absolute atomic E-state index is 0.210. The average molecular weight is 274 g/mol. The summed E-state index contributed by atoms with van der Waals surface area (Å²) in [6.07, 6.45) is 1.59. The number of aromatic nitrogens is 2. The van der Waals surface area contributed by atoms with Crippen molar-refractivity contribution in [2.45, 2.75) is 33.2 Å². The van der Waals surface area contributed by atoms with Gasteiger partial charge in [0.2, 0.25) is 5.27 Å². The first-order valence-corrected chi connectivity index (χ1v) is 6.66. The van der Waals surface area contributed by atoms with Crippen LogP contribution in [0.3, 0.4) is 0 Å². The third-order valence-corrected chi connectivity index (χ3v) is 2.97. The monoisotopic (exact) mass is 274 g/mol. The Morgan fingerprint density at radius 2 is 2.05 bits per heavy atom. The van der Waals surface area contributed by atoms with E-state index in [0.29, 0.717) is 12.5 Å². The highest BCUT2D eigenvalue weighted by Gasteiger charge is 2.25. The first-order valence-electron chi connectivity index (χ1n) is 6.66. The molecule has 0 saturated carbocycles. The van der Waals surface area contributed by atoms with Crippen molar-refractivity contribution < 1.29 is 9.20 Å². The van der Waals surface area contributed by atoms with Crippen LogP contribution in [0.4, 0.5) is 5.88 Å². The first kappa shape index (κ1) is 14.2. The molecule has 20 heavy (non-hydrogen) atoms. The van der Waals surface area contributed by atoms with Gasteiger partial charge in [0.25, 0.3) is 5.69 Å². The highest BCUT2D eigenvalue weighted by atomic mass is 16.5. The molecule has 0 unspecified atom stereocenters. The number of nitrogens with zero attached hydrogens (tertiary/aromatic N) is 4. The number of hydrogen-bond donors (Lipinski definition) is 0. The van der Waals surface area contributed by atoms with E-state index in [0.717, 1.165) is 18.5 Å². The maximum absolute atomic E-state index is 10.3. The summed E-state index contributed by atoms with van der Waals surface area (Å²) >= 11 is 0. The van der Waals surface area contributed by atoms with Gasteiger partial charge in [-0.25, -0.2) is 5.28 Å². The third kappa shape index (κ3) is 3.63. The Labute approximate surface area is 117 Å². The van der Waals surface area contributed by atoms with E-state index in [4.69, 9.17) is 4.52 Å². The largest absolute Gasteiger partial charge is 0.775 e. The first-order chi connectivity index (χ1) is 9.70.